The summed E-state index contributed by atoms with van der Waals surface area (Å²) in [7, 11) is 0. The van der Waals surface area contributed by atoms with Gasteiger partial charge in [0.05, 0.1) is 11.7 Å². The molecule has 0 aliphatic rings. The molecule has 0 aliphatic heterocycles. The lowest BCUT2D eigenvalue weighted by Crippen LogP contribution is -2.37. The highest BCUT2D eigenvalue weighted by Gasteiger charge is 2.15. The molecule has 19 heavy (non-hydrogen) atoms. The average Bonchev–Trinajstić information content (AvgIpc) is 2.42. The Hall–Kier alpha value is -2.33. The molecule has 1 atom stereocenters. The third-order valence-corrected chi connectivity index (χ3v) is 2.80. The van der Waals surface area contributed by atoms with Gasteiger partial charge in [0.25, 0.3) is 0 Å². The molecule has 0 saturated heterocycles. The van der Waals surface area contributed by atoms with E-state index < -0.39 is 6.04 Å². The Kier molecular flexibility index (Phi) is 4.15. The van der Waals surface area contributed by atoms with E-state index >= 15 is 0 Å². The van der Waals surface area contributed by atoms with Crippen molar-refractivity contribution in [1.82, 2.24) is 0 Å². The molecule has 0 unspecified atom stereocenters. The zero-order chi connectivity index (χ0) is 13.7. The molecular formula is C15H16N2O2. The van der Waals surface area contributed by atoms with E-state index in [2.05, 4.69) is 5.32 Å². The van der Waals surface area contributed by atoms with E-state index in [1.54, 1.807) is 18.2 Å². The van der Waals surface area contributed by atoms with Crippen LogP contribution in [0.2, 0.25) is 0 Å². The summed E-state index contributed by atoms with van der Waals surface area (Å²) in [5.74, 6) is -0.284. The van der Waals surface area contributed by atoms with Gasteiger partial charge in [-0.15, -0.1) is 0 Å². The van der Waals surface area contributed by atoms with Gasteiger partial charge < -0.3 is 16.2 Å². The molecule has 2 aromatic rings. The number of carbonyl (C=O) groups is 1. The maximum atomic E-state index is 11.9. The standard InChI is InChI=1S/C15H16N2O2/c16-12(10-11-6-2-1-3-7-11)15(19)17-13-8-4-5-9-14(13)18/h1-9,12,18H,10,16H2,(H,17,19)/t12-/m1/s1. The molecule has 4 nitrogen and oxygen atoms in total. The minimum Gasteiger partial charge on any atom is -0.506 e. The molecule has 0 fully saturated rings. The van der Waals surface area contributed by atoms with Gasteiger partial charge in [-0.2, -0.15) is 0 Å². The molecular weight excluding hydrogens is 240 g/mol. The predicted octanol–water partition coefficient (Wildman–Crippen LogP) is 1.90. The van der Waals surface area contributed by atoms with Gasteiger partial charge in [0.15, 0.2) is 0 Å². The Balaban J connectivity index is 1.99. The number of benzene rings is 2. The number of nitrogens with two attached hydrogens (primary N) is 1. The third-order valence-electron chi connectivity index (χ3n) is 2.80. The number of anilines is 1. The Labute approximate surface area is 111 Å². The summed E-state index contributed by atoms with van der Waals surface area (Å²) in [5.41, 5.74) is 7.23. The molecule has 4 heteroatoms. The van der Waals surface area contributed by atoms with Crippen LogP contribution in [-0.4, -0.2) is 17.1 Å². The molecule has 2 rings (SSSR count). The number of carbonyl (C=O) groups excluding carboxylic acids is 1. The first-order valence-corrected chi connectivity index (χ1v) is 6.05. The maximum Gasteiger partial charge on any atom is 0.241 e. The number of phenols is 1. The van der Waals surface area contributed by atoms with Crippen LogP contribution < -0.4 is 11.1 Å². The Morgan fingerprint density at radius 3 is 2.42 bits per heavy atom. The van der Waals surface area contributed by atoms with Crippen molar-refractivity contribution in [2.75, 3.05) is 5.32 Å². The highest BCUT2D eigenvalue weighted by Crippen LogP contribution is 2.21. The van der Waals surface area contributed by atoms with E-state index in [0.29, 0.717) is 12.1 Å². The maximum absolute atomic E-state index is 11.9. The highest BCUT2D eigenvalue weighted by atomic mass is 16.3. The van der Waals surface area contributed by atoms with E-state index in [9.17, 15) is 9.90 Å². The minimum absolute atomic E-state index is 0.0303. The first kappa shape index (κ1) is 13.1. The molecule has 0 heterocycles. The molecule has 0 aromatic heterocycles. The Bertz CT molecular complexity index is 555. The fraction of sp³-hybridized carbons (Fsp3) is 0.133. The third kappa shape index (κ3) is 3.56. The molecule has 0 spiro atoms. The number of hydrogen-bond acceptors (Lipinski definition) is 3. The van der Waals surface area contributed by atoms with Gasteiger partial charge in [-0.25, -0.2) is 0 Å². The van der Waals surface area contributed by atoms with Crippen molar-refractivity contribution in [3.8, 4) is 5.75 Å². The van der Waals surface area contributed by atoms with Gasteiger partial charge in [-0.3, -0.25) is 4.79 Å². The van der Waals surface area contributed by atoms with E-state index in [1.807, 2.05) is 30.3 Å². The fourth-order valence-electron chi connectivity index (χ4n) is 1.77. The van der Waals surface area contributed by atoms with E-state index in [-0.39, 0.29) is 11.7 Å². The van der Waals surface area contributed by atoms with Crippen molar-refractivity contribution in [3.05, 3.63) is 60.2 Å². The molecule has 0 radical (unpaired) electrons. The van der Waals surface area contributed by atoms with Crippen LogP contribution in [0.4, 0.5) is 5.69 Å². The first-order chi connectivity index (χ1) is 9.16. The summed E-state index contributed by atoms with van der Waals surface area (Å²) in [4.78, 5) is 11.9. The molecule has 1 amide bonds. The molecule has 2 aromatic carbocycles. The van der Waals surface area contributed by atoms with Crippen LogP contribution in [0.1, 0.15) is 5.56 Å². The predicted molar refractivity (Wildman–Crippen MR) is 74.9 cm³/mol. The summed E-state index contributed by atoms with van der Waals surface area (Å²) in [6, 6.07) is 15.5. The number of nitrogens with one attached hydrogen (secondary N) is 1. The summed E-state index contributed by atoms with van der Waals surface area (Å²) >= 11 is 0. The summed E-state index contributed by atoms with van der Waals surface area (Å²) in [6.45, 7) is 0. The number of para-hydroxylation sites is 2. The average molecular weight is 256 g/mol. The number of hydrogen-bond donors (Lipinski definition) is 3. The lowest BCUT2D eigenvalue weighted by molar-refractivity contribution is -0.117. The zero-order valence-electron chi connectivity index (χ0n) is 10.4. The second-order valence-corrected chi connectivity index (χ2v) is 4.30. The summed E-state index contributed by atoms with van der Waals surface area (Å²) < 4.78 is 0. The highest BCUT2D eigenvalue weighted by molar-refractivity contribution is 5.96. The number of rotatable bonds is 4. The molecule has 0 aliphatic carbocycles. The second-order valence-electron chi connectivity index (χ2n) is 4.30. The van der Waals surface area contributed by atoms with Crippen molar-refractivity contribution in [3.63, 3.8) is 0 Å². The number of aromatic hydroxyl groups is 1. The van der Waals surface area contributed by atoms with Crippen LogP contribution in [0.5, 0.6) is 5.75 Å². The van der Waals surface area contributed by atoms with Crippen LogP contribution in [0.3, 0.4) is 0 Å². The van der Waals surface area contributed by atoms with Gasteiger partial charge in [0.1, 0.15) is 5.75 Å². The second kappa shape index (κ2) is 6.02. The van der Waals surface area contributed by atoms with Gasteiger partial charge in [-0.05, 0) is 24.1 Å². The topological polar surface area (TPSA) is 75.4 Å². The normalized spacial score (nSPS) is 11.8. The van der Waals surface area contributed by atoms with Crippen molar-refractivity contribution in [2.24, 2.45) is 5.73 Å². The van der Waals surface area contributed by atoms with Crippen LogP contribution >= 0.6 is 0 Å². The Morgan fingerprint density at radius 2 is 1.74 bits per heavy atom. The minimum atomic E-state index is -0.651. The number of amides is 1. The molecule has 4 N–H and O–H groups in total. The Morgan fingerprint density at radius 1 is 1.11 bits per heavy atom. The smallest absolute Gasteiger partial charge is 0.241 e. The van der Waals surface area contributed by atoms with Crippen molar-refractivity contribution < 1.29 is 9.90 Å². The summed E-state index contributed by atoms with van der Waals surface area (Å²) in [5, 5.41) is 12.2. The van der Waals surface area contributed by atoms with Crippen LogP contribution in [0.15, 0.2) is 54.6 Å². The largest absolute Gasteiger partial charge is 0.506 e. The quantitative estimate of drug-likeness (QED) is 0.731. The summed E-state index contributed by atoms with van der Waals surface area (Å²) in [6.07, 6.45) is 0.459. The monoisotopic (exact) mass is 256 g/mol. The van der Waals surface area contributed by atoms with Crippen molar-refractivity contribution in [2.45, 2.75) is 12.5 Å². The van der Waals surface area contributed by atoms with Gasteiger partial charge in [-0.1, -0.05) is 42.5 Å². The van der Waals surface area contributed by atoms with Crippen LogP contribution in [0, 0.1) is 0 Å². The van der Waals surface area contributed by atoms with Gasteiger partial charge in [0, 0.05) is 0 Å². The molecule has 98 valence electrons. The van der Waals surface area contributed by atoms with Gasteiger partial charge in [0.2, 0.25) is 5.91 Å². The lowest BCUT2D eigenvalue weighted by Gasteiger charge is -2.13. The zero-order valence-corrected chi connectivity index (χ0v) is 10.4. The van der Waals surface area contributed by atoms with E-state index in [4.69, 9.17) is 5.73 Å². The van der Waals surface area contributed by atoms with Gasteiger partial charge >= 0.3 is 0 Å². The molecule has 0 saturated carbocycles. The number of phenolic OH excluding ortho intramolecular Hbond substituents is 1. The first-order valence-electron chi connectivity index (χ1n) is 6.05. The van der Waals surface area contributed by atoms with E-state index in [1.165, 1.54) is 6.07 Å². The van der Waals surface area contributed by atoms with E-state index in [0.717, 1.165) is 5.56 Å². The van der Waals surface area contributed by atoms with Crippen LogP contribution in [0.25, 0.3) is 0 Å². The van der Waals surface area contributed by atoms with Crippen LogP contribution in [-0.2, 0) is 11.2 Å². The lowest BCUT2D eigenvalue weighted by atomic mass is 10.1. The van der Waals surface area contributed by atoms with Crippen molar-refractivity contribution >= 4 is 11.6 Å². The van der Waals surface area contributed by atoms with Crippen molar-refractivity contribution in [1.29, 1.82) is 0 Å². The molecule has 0 bridgehead atoms. The fourth-order valence-corrected chi connectivity index (χ4v) is 1.77. The SMILES string of the molecule is N[C@H](Cc1ccccc1)C(=O)Nc1ccccc1O.